The molecule has 3 aromatic heterocycles. The van der Waals surface area contributed by atoms with E-state index in [9.17, 15) is 4.79 Å². The highest BCUT2D eigenvalue weighted by atomic mass is 16.1. The van der Waals surface area contributed by atoms with Gasteiger partial charge in [-0.05, 0) is 39.2 Å². The number of carbonyl (C=O) groups is 1. The molecule has 1 amide bonds. The third kappa shape index (κ3) is 3.34. The Labute approximate surface area is 152 Å². The maximum absolute atomic E-state index is 12.8. The van der Waals surface area contributed by atoms with Gasteiger partial charge in [-0.15, -0.1) is 0 Å². The molecule has 0 saturated heterocycles. The Balaban J connectivity index is 1.53. The smallest absolute Gasteiger partial charge is 0.252 e. The van der Waals surface area contributed by atoms with E-state index in [-0.39, 0.29) is 11.9 Å². The van der Waals surface area contributed by atoms with E-state index in [0.717, 1.165) is 42.5 Å². The van der Waals surface area contributed by atoms with Crippen LogP contribution in [0, 0.1) is 0 Å². The SMILES string of the molecule is CC(C)n1ncc2c(C(=O)NCCCn3ccnc3)cc(C3CC3)nc21. The van der Waals surface area contributed by atoms with Gasteiger partial charge in [0.15, 0.2) is 5.65 Å². The Morgan fingerprint density at radius 1 is 1.38 bits per heavy atom. The Hall–Kier alpha value is -2.70. The normalized spacial score (nSPS) is 14.3. The van der Waals surface area contributed by atoms with Gasteiger partial charge >= 0.3 is 0 Å². The zero-order chi connectivity index (χ0) is 18.1. The second-order valence-electron chi connectivity index (χ2n) is 7.20. The molecule has 136 valence electrons. The Bertz CT molecular complexity index is 908. The molecule has 26 heavy (non-hydrogen) atoms. The molecule has 7 heteroatoms. The molecule has 1 saturated carbocycles. The number of carbonyl (C=O) groups excluding carboxylic acids is 1. The number of nitrogens with zero attached hydrogens (tertiary/aromatic N) is 5. The number of imidazole rings is 1. The average molecular weight is 352 g/mol. The summed E-state index contributed by atoms with van der Waals surface area (Å²) in [5, 5.41) is 8.32. The number of nitrogens with one attached hydrogen (secondary N) is 1. The minimum Gasteiger partial charge on any atom is -0.352 e. The van der Waals surface area contributed by atoms with Crippen LogP contribution in [0.1, 0.15) is 61.1 Å². The summed E-state index contributed by atoms with van der Waals surface area (Å²) in [6, 6.07) is 2.16. The molecule has 0 spiro atoms. The third-order valence-corrected chi connectivity index (χ3v) is 4.75. The molecule has 1 aliphatic rings. The van der Waals surface area contributed by atoms with Crippen LogP contribution < -0.4 is 5.32 Å². The molecule has 1 aliphatic carbocycles. The van der Waals surface area contributed by atoms with Crippen molar-refractivity contribution in [1.82, 2.24) is 29.6 Å². The van der Waals surface area contributed by atoms with Gasteiger partial charge in [0.1, 0.15) is 0 Å². The highest BCUT2D eigenvalue weighted by molar-refractivity contribution is 6.05. The van der Waals surface area contributed by atoms with Gasteiger partial charge in [0.25, 0.3) is 5.91 Å². The van der Waals surface area contributed by atoms with Crippen LogP contribution in [0.15, 0.2) is 31.0 Å². The molecule has 0 bridgehead atoms. The van der Waals surface area contributed by atoms with Gasteiger partial charge in [-0.2, -0.15) is 5.10 Å². The zero-order valence-corrected chi connectivity index (χ0v) is 15.2. The first kappa shape index (κ1) is 16.8. The lowest BCUT2D eigenvalue weighted by atomic mass is 10.1. The minimum atomic E-state index is -0.0479. The summed E-state index contributed by atoms with van der Waals surface area (Å²) >= 11 is 0. The quantitative estimate of drug-likeness (QED) is 0.663. The number of hydrogen-bond acceptors (Lipinski definition) is 4. The molecule has 3 aromatic rings. The van der Waals surface area contributed by atoms with E-state index < -0.39 is 0 Å². The monoisotopic (exact) mass is 352 g/mol. The number of hydrogen-bond donors (Lipinski definition) is 1. The number of rotatable bonds is 7. The van der Waals surface area contributed by atoms with Crippen LogP contribution in [0.2, 0.25) is 0 Å². The Kier molecular flexibility index (Phi) is 4.44. The predicted octanol–water partition coefficient (Wildman–Crippen LogP) is 2.91. The van der Waals surface area contributed by atoms with E-state index in [0.29, 0.717) is 18.0 Å². The second kappa shape index (κ2) is 6.90. The van der Waals surface area contributed by atoms with Crippen LogP contribution in [-0.2, 0) is 6.54 Å². The van der Waals surface area contributed by atoms with E-state index in [1.807, 2.05) is 21.5 Å². The van der Waals surface area contributed by atoms with Crippen molar-refractivity contribution in [3.05, 3.63) is 42.2 Å². The average Bonchev–Trinajstić information content (AvgIpc) is 3.17. The topological polar surface area (TPSA) is 77.6 Å². The molecule has 1 fully saturated rings. The van der Waals surface area contributed by atoms with Gasteiger partial charge < -0.3 is 9.88 Å². The minimum absolute atomic E-state index is 0.0479. The number of aryl methyl sites for hydroxylation is 1. The molecular formula is C19H24N6O. The third-order valence-electron chi connectivity index (χ3n) is 4.75. The molecule has 0 atom stereocenters. The first-order valence-corrected chi connectivity index (χ1v) is 9.25. The van der Waals surface area contributed by atoms with Gasteiger partial charge in [0, 0.05) is 43.1 Å². The fourth-order valence-electron chi connectivity index (χ4n) is 3.17. The van der Waals surface area contributed by atoms with Crippen molar-refractivity contribution < 1.29 is 4.79 Å². The number of amides is 1. The maximum atomic E-state index is 12.8. The lowest BCUT2D eigenvalue weighted by molar-refractivity contribution is 0.0954. The predicted molar refractivity (Wildman–Crippen MR) is 99.1 cm³/mol. The van der Waals surface area contributed by atoms with Crippen LogP contribution in [0.3, 0.4) is 0 Å². The number of pyridine rings is 1. The summed E-state index contributed by atoms with van der Waals surface area (Å²) < 4.78 is 3.91. The lowest BCUT2D eigenvalue weighted by Gasteiger charge is -2.11. The molecule has 4 rings (SSSR count). The summed E-state index contributed by atoms with van der Waals surface area (Å²) in [7, 11) is 0. The van der Waals surface area contributed by atoms with Crippen molar-refractivity contribution in [2.45, 2.75) is 51.6 Å². The fraction of sp³-hybridized carbons (Fsp3) is 0.474. The van der Waals surface area contributed by atoms with E-state index >= 15 is 0 Å². The summed E-state index contributed by atoms with van der Waals surface area (Å²) in [6.45, 7) is 5.62. The lowest BCUT2D eigenvalue weighted by Crippen LogP contribution is -2.25. The van der Waals surface area contributed by atoms with Crippen LogP contribution in [0.4, 0.5) is 0 Å². The second-order valence-corrected chi connectivity index (χ2v) is 7.20. The van der Waals surface area contributed by atoms with E-state index in [2.05, 4.69) is 29.2 Å². The summed E-state index contributed by atoms with van der Waals surface area (Å²) in [4.78, 5) is 21.6. The summed E-state index contributed by atoms with van der Waals surface area (Å²) in [5.41, 5.74) is 2.52. The van der Waals surface area contributed by atoms with Crippen LogP contribution in [-0.4, -0.2) is 36.8 Å². The van der Waals surface area contributed by atoms with Gasteiger partial charge in [0.05, 0.1) is 23.5 Å². The first-order valence-electron chi connectivity index (χ1n) is 9.25. The van der Waals surface area contributed by atoms with Crippen LogP contribution >= 0.6 is 0 Å². The van der Waals surface area contributed by atoms with Crippen molar-refractivity contribution in [1.29, 1.82) is 0 Å². The molecular weight excluding hydrogens is 328 g/mol. The van der Waals surface area contributed by atoms with Crippen molar-refractivity contribution in [2.75, 3.05) is 6.54 Å². The molecule has 0 aliphatic heterocycles. The summed E-state index contributed by atoms with van der Waals surface area (Å²) in [6.07, 6.45) is 10.4. The summed E-state index contributed by atoms with van der Waals surface area (Å²) in [5.74, 6) is 0.441. The van der Waals surface area contributed by atoms with Crippen LogP contribution in [0.25, 0.3) is 11.0 Å². The standard InChI is InChI=1S/C19H24N6O/c1-13(2)25-18-16(11-22-25)15(10-17(23-18)14-4-5-14)19(26)21-6-3-8-24-9-7-20-12-24/h7,9-14H,3-6,8H2,1-2H3,(H,21,26). The van der Waals surface area contributed by atoms with E-state index in [1.165, 1.54) is 0 Å². The highest BCUT2D eigenvalue weighted by Gasteiger charge is 2.28. The molecule has 0 unspecified atom stereocenters. The van der Waals surface area contributed by atoms with Gasteiger partial charge in [-0.3, -0.25) is 4.79 Å². The molecule has 3 heterocycles. The first-order chi connectivity index (χ1) is 12.6. The highest BCUT2D eigenvalue weighted by Crippen LogP contribution is 2.40. The molecule has 0 radical (unpaired) electrons. The van der Waals surface area contributed by atoms with Gasteiger partial charge in [-0.1, -0.05) is 0 Å². The number of fused-ring (bicyclic) bond motifs is 1. The molecule has 7 nitrogen and oxygen atoms in total. The Morgan fingerprint density at radius 2 is 2.23 bits per heavy atom. The van der Waals surface area contributed by atoms with Gasteiger partial charge in [-0.25, -0.2) is 14.6 Å². The number of aromatic nitrogens is 5. The fourth-order valence-corrected chi connectivity index (χ4v) is 3.17. The van der Waals surface area contributed by atoms with Crippen molar-refractivity contribution in [3.63, 3.8) is 0 Å². The van der Waals surface area contributed by atoms with Crippen molar-refractivity contribution in [2.24, 2.45) is 0 Å². The largest absolute Gasteiger partial charge is 0.352 e. The van der Waals surface area contributed by atoms with Crippen molar-refractivity contribution >= 4 is 16.9 Å². The maximum Gasteiger partial charge on any atom is 0.252 e. The Morgan fingerprint density at radius 3 is 2.92 bits per heavy atom. The molecule has 1 N–H and O–H groups in total. The molecule has 0 aromatic carbocycles. The van der Waals surface area contributed by atoms with Crippen LogP contribution in [0.5, 0.6) is 0 Å². The van der Waals surface area contributed by atoms with Gasteiger partial charge in [0.2, 0.25) is 0 Å². The van der Waals surface area contributed by atoms with Crippen molar-refractivity contribution in [3.8, 4) is 0 Å². The van der Waals surface area contributed by atoms with E-state index in [1.54, 1.807) is 18.7 Å². The zero-order valence-electron chi connectivity index (χ0n) is 15.2. The van der Waals surface area contributed by atoms with E-state index in [4.69, 9.17) is 4.98 Å².